The van der Waals surface area contributed by atoms with Crippen molar-refractivity contribution in [2.24, 2.45) is 0 Å². The summed E-state index contributed by atoms with van der Waals surface area (Å²) in [6, 6.07) is 1.06. The highest BCUT2D eigenvalue weighted by Gasteiger charge is 2.64. The molecule has 4 nitrogen and oxygen atoms in total. The molecule has 8 heteroatoms. The lowest BCUT2D eigenvalue weighted by molar-refractivity contribution is -0.163. The molecule has 0 radical (unpaired) electrons. The normalized spacial score (nSPS) is 16.4. The largest absolute Gasteiger partial charge is 0.411 e. The van der Waals surface area contributed by atoms with E-state index in [4.69, 9.17) is 0 Å². The summed E-state index contributed by atoms with van der Waals surface area (Å²) in [7, 11) is 0. The molecule has 0 unspecified atom stereocenters. The van der Waals surface area contributed by atoms with Crippen LogP contribution < -0.4 is 10.6 Å². The summed E-state index contributed by atoms with van der Waals surface area (Å²) in [6.07, 6.45) is -3.00. The van der Waals surface area contributed by atoms with Crippen LogP contribution in [0.15, 0.2) is 12.3 Å². The van der Waals surface area contributed by atoms with E-state index in [2.05, 4.69) is 10.3 Å². The average molecular weight is 305 g/mol. The summed E-state index contributed by atoms with van der Waals surface area (Å²) >= 11 is 0. The molecule has 2 N–H and O–H groups in total. The van der Waals surface area contributed by atoms with E-state index in [0.29, 0.717) is 13.0 Å². The number of hydrogen-bond donors (Lipinski definition) is 2. The summed E-state index contributed by atoms with van der Waals surface area (Å²) in [5.74, 6) is -2.16. The molecule has 0 aliphatic heterocycles. The minimum absolute atomic E-state index is 0.138. The van der Waals surface area contributed by atoms with Crippen molar-refractivity contribution < 1.29 is 22.4 Å². The van der Waals surface area contributed by atoms with Gasteiger partial charge in [-0.15, -0.1) is 0 Å². The van der Waals surface area contributed by atoms with Crippen LogP contribution in [0, 0.1) is 5.82 Å². The second kappa shape index (κ2) is 5.50. The van der Waals surface area contributed by atoms with E-state index in [0.717, 1.165) is 6.07 Å². The van der Waals surface area contributed by atoms with Gasteiger partial charge in [0.15, 0.2) is 11.6 Å². The Bertz CT molecular complexity index is 541. The first-order chi connectivity index (χ1) is 9.81. The molecule has 0 bridgehead atoms. The van der Waals surface area contributed by atoms with Crippen molar-refractivity contribution in [3.8, 4) is 0 Å². The molecule has 0 saturated heterocycles. The third-order valence-electron chi connectivity index (χ3n) is 3.32. The molecule has 1 aromatic rings. The lowest BCUT2D eigenvalue weighted by Gasteiger charge is -2.21. The number of hydrogen-bond acceptors (Lipinski definition) is 3. The van der Waals surface area contributed by atoms with Gasteiger partial charge >= 0.3 is 6.18 Å². The molecule has 0 aromatic carbocycles. The van der Waals surface area contributed by atoms with Crippen molar-refractivity contribution in [1.82, 2.24) is 10.3 Å². The van der Waals surface area contributed by atoms with E-state index in [1.165, 1.54) is 6.20 Å². The number of carbonyl (C=O) groups excluding carboxylic acids is 1. The van der Waals surface area contributed by atoms with Crippen LogP contribution >= 0.6 is 0 Å². The molecular weight excluding hydrogens is 290 g/mol. The Hall–Kier alpha value is -1.86. The average Bonchev–Trinajstić information content (AvgIpc) is 3.18. The predicted molar refractivity (Wildman–Crippen MR) is 68.5 cm³/mol. The minimum Gasteiger partial charge on any atom is -0.368 e. The number of anilines is 1. The van der Waals surface area contributed by atoms with Gasteiger partial charge in [0, 0.05) is 12.7 Å². The fourth-order valence-electron chi connectivity index (χ4n) is 1.87. The SMILES string of the molecule is CCCNc1nccc(C(=O)NC2(C(F)(F)F)CC2)c1F. The number of amides is 1. The molecule has 116 valence electrons. The van der Waals surface area contributed by atoms with Gasteiger partial charge in [0.1, 0.15) is 5.54 Å². The van der Waals surface area contributed by atoms with Gasteiger partial charge in [-0.05, 0) is 25.3 Å². The number of nitrogens with one attached hydrogen (secondary N) is 2. The number of aromatic nitrogens is 1. The van der Waals surface area contributed by atoms with Crippen LogP contribution in [0.4, 0.5) is 23.4 Å². The van der Waals surface area contributed by atoms with Crippen LogP contribution in [-0.4, -0.2) is 29.2 Å². The summed E-state index contributed by atoms with van der Waals surface area (Å²) < 4.78 is 52.4. The number of pyridine rings is 1. The molecule has 1 aromatic heterocycles. The molecule has 1 heterocycles. The Balaban J connectivity index is 2.17. The summed E-state index contributed by atoms with van der Waals surface area (Å²) in [5.41, 5.74) is -2.66. The molecule has 1 fully saturated rings. The Labute approximate surface area is 118 Å². The molecular formula is C13H15F4N3O. The smallest absolute Gasteiger partial charge is 0.368 e. The van der Waals surface area contributed by atoms with Crippen molar-refractivity contribution in [1.29, 1.82) is 0 Å². The Morgan fingerprint density at radius 1 is 1.43 bits per heavy atom. The molecule has 0 spiro atoms. The Kier molecular flexibility index (Phi) is 4.06. The zero-order valence-electron chi connectivity index (χ0n) is 11.4. The lowest BCUT2D eigenvalue weighted by Crippen LogP contribution is -2.48. The first-order valence-corrected chi connectivity index (χ1v) is 6.58. The molecule has 1 amide bonds. The van der Waals surface area contributed by atoms with Crippen molar-refractivity contribution in [2.45, 2.75) is 37.9 Å². The number of halogens is 4. The standard InChI is InChI=1S/C13H15F4N3O/c1-2-6-18-10-9(14)8(3-7-19-10)11(21)20-12(4-5-12)13(15,16)17/h3,7H,2,4-6H2,1H3,(H,18,19)(H,20,21). The molecule has 0 atom stereocenters. The quantitative estimate of drug-likeness (QED) is 0.823. The minimum atomic E-state index is -4.53. The topological polar surface area (TPSA) is 54.0 Å². The van der Waals surface area contributed by atoms with E-state index < -0.39 is 29.0 Å². The van der Waals surface area contributed by atoms with Gasteiger partial charge in [-0.2, -0.15) is 13.2 Å². The highest BCUT2D eigenvalue weighted by Crippen LogP contribution is 2.49. The fraction of sp³-hybridized carbons (Fsp3) is 0.538. The van der Waals surface area contributed by atoms with E-state index in [-0.39, 0.29) is 18.7 Å². The maximum atomic E-state index is 14.1. The monoisotopic (exact) mass is 305 g/mol. The first kappa shape index (κ1) is 15.5. The fourth-order valence-corrected chi connectivity index (χ4v) is 1.87. The van der Waals surface area contributed by atoms with Gasteiger partial charge in [0.05, 0.1) is 5.56 Å². The zero-order valence-corrected chi connectivity index (χ0v) is 11.4. The second-order valence-corrected chi connectivity index (χ2v) is 4.98. The third-order valence-corrected chi connectivity index (χ3v) is 3.32. The zero-order chi connectivity index (χ0) is 15.7. The van der Waals surface area contributed by atoms with E-state index in [1.807, 2.05) is 12.2 Å². The molecule has 21 heavy (non-hydrogen) atoms. The van der Waals surface area contributed by atoms with Crippen LogP contribution in [-0.2, 0) is 0 Å². The van der Waals surface area contributed by atoms with Crippen molar-refractivity contribution >= 4 is 11.7 Å². The van der Waals surface area contributed by atoms with Crippen molar-refractivity contribution in [2.75, 3.05) is 11.9 Å². The Morgan fingerprint density at radius 2 is 2.10 bits per heavy atom. The molecule has 1 saturated carbocycles. The molecule has 1 aliphatic rings. The third kappa shape index (κ3) is 3.08. The summed E-state index contributed by atoms with van der Waals surface area (Å²) in [6.45, 7) is 2.31. The van der Waals surface area contributed by atoms with Gasteiger partial charge in [-0.25, -0.2) is 9.37 Å². The summed E-state index contributed by atoms with van der Waals surface area (Å²) in [4.78, 5) is 15.6. The van der Waals surface area contributed by atoms with Crippen molar-refractivity contribution in [3.63, 3.8) is 0 Å². The summed E-state index contributed by atoms with van der Waals surface area (Å²) in [5, 5.41) is 4.57. The maximum absolute atomic E-state index is 14.1. The maximum Gasteiger partial charge on any atom is 0.411 e. The highest BCUT2D eigenvalue weighted by atomic mass is 19.4. The number of alkyl halides is 3. The van der Waals surface area contributed by atoms with E-state index in [1.54, 1.807) is 0 Å². The molecule has 1 aliphatic carbocycles. The van der Waals surface area contributed by atoms with E-state index in [9.17, 15) is 22.4 Å². The van der Waals surface area contributed by atoms with Gasteiger partial charge in [0.25, 0.3) is 5.91 Å². The first-order valence-electron chi connectivity index (χ1n) is 6.58. The van der Waals surface area contributed by atoms with Crippen LogP contribution in [0.2, 0.25) is 0 Å². The number of rotatable bonds is 5. The van der Waals surface area contributed by atoms with Crippen LogP contribution in [0.5, 0.6) is 0 Å². The lowest BCUT2D eigenvalue weighted by atomic mass is 10.2. The van der Waals surface area contributed by atoms with Crippen molar-refractivity contribution in [3.05, 3.63) is 23.6 Å². The Morgan fingerprint density at radius 3 is 2.62 bits per heavy atom. The van der Waals surface area contributed by atoms with Gasteiger partial charge in [0.2, 0.25) is 0 Å². The van der Waals surface area contributed by atoms with Crippen LogP contribution in [0.1, 0.15) is 36.5 Å². The molecule has 2 rings (SSSR count). The van der Waals surface area contributed by atoms with Gasteiger partial charge in [-0.1, -0.05) is 6.92 Å². The van der Waals surface area contributed by atoms with Crippen LogP contribution in [0.25, 0.3) is 0 Å². The van der Waals surface area contributed by atoms with Crippen LogP contribution in [0.3, 0.4) is 0 Å². The van der Waals surface area contributed by atoms with Gasteiger partial charge < -0.3 is 10.6 Å². The predicted octanol–water partition coefficient (Wildman–Crippen LogP) is 2.87. The van der Waals surface area contributed by atoms with Gasteiger partial charge in [-0.3, -0.25) is 4.79 Å². The highest BCUT2D eigenvalue weighted by molar-refractivity contribution is 5.96. The number of nitrogens with zero attached hydrogens (tertiary/aromatic N) is 1. The second-order valence-electron chi connectivity index (χ2n) is 4.98. The van der Waals surface area contributed by atoms with E-state index >= 15 is 0 Å². The number of carbonyl (C=O) groups is 1.